The van der Waals surface area contributed by atoms with Crippen molar-refractivity contribution in [3.63, 3.8) is 0 Å². The van der Waals surface area contributed by atoms with Crippen molar-refractivity contribution in [3.05, 3.63) is 60.2 Å². The van der Waals surface area contributed by atoms with Crippen LogP contribution in [0.5, 0.6) is 0 Å². The normalized spacial score (nSPS) is 16.6. The number of nitrogens with one attached hydrogen (secondary N) is 1. The molecule has 4 nitrogen and oxygen atoms in total. The van der Waals surface area contributed by atoms with Gasteiger partial charge in [-0.3, -0.25) is 9.59 Å². The molecular weight excluding hydrogens is 356 g/mol. The highest BCUT2D eigenvalue weighted by Crippen LogP contribution is 2.23. The Hall–Kier alpha value is -2.27. The third-order valence-corrected chi connectivity index (χ3v) is 5.62. The summed E-state index contributed by atoms with van der Waals surface area (Å²) < 4.78 is 0. The smallest absolute Gasteiger partial charge is 0.243 e. The molecule has 5 heteroatoms. The zero-order chi connectivity index (χ0) is 19.2. The number of rotatable bonds is 6. The maximum absolute atomic E-state index is 12.8. The number of amides is 2. The quantitative estimate of drug-likeness (QED) is 0.831. The van der Waals surface area contributed by atoms with Gasteiger partial charge in [0.05, 0.1) is 12.3 Å². The molecule has 1 aliphatic heterocycles. The molecule has 1 atom stereocenters. The number of hydrogen-bond acceptors (Lipinski definition) is 3. The highest BCUT2D eigenvalue weighted by Gasteiger charge is 2.34. The van der Waals surface area contributed by atoms with Crippen molar-refractivity contribution in [2.75, 3.05) is 18.2 Å². The van der Waals surface area contributed by atoms with E-state index in [0.29, 0.717) is 30.5 Å². The van der Waals surface area contributed by atoms with Crippen LogP contribution in [-0.4, -0.2) is 40.9 Å². The second kappa shape index (κ2) is 9.09. The fourth-order valence-corrected chi connectivity index (χ4v) is 4.23. The van der Waals surface area contributed by atoms with Gasteiger partial charge in [-0.05, 0) is 22.6 Å². The van der Waals surface area contributed by atoms with Crippen molar-refractivity contribution in [3.8, 4) is 11.1 Å². The van der Waals surface area contributed by atoms with Gasteiger partial charge in [0.2, 0.25) is 11.8 Å². The van der Waals surface area contributed by atoms with E-state index in [4.69, 9.17) is 0 Å². The number of thioether (sulfide) groups is 1. The third kappa shape index (κ3) is 5.13. The molecule has 1 N–H and O–H groups in total. The van der Waals surface area contributed by atoms with Gasteiger partial charge in [0.15, 0.2) is 0 Å². The molecule has 142 valence electrons. The van der Waals surface area contributed by atoms with E-state index in [1.54, 1.807) is 16.7 Å². The van der Waals surface area contributed by atoms with E-state index in [1.165, 1.54) is 0 Å². The van der Waals surface area contributed by atoms with E-state index in [9.17, 15) is 9.59 Å². The van der Waals surface area contributed by atoms with Gasteiger partial charge >= 0.3 is 0 Å². The highest BCUT2D eigenvalue weighted by molar-refractivity contribution is 7.99. The zero-order valence-corrected chi connectivity index (χ0v) is 16.7. The Labute approximate surface area is 165 Å². The van der Waals surface area contributed by atoms with Crippen molar-refractivity contribution < 1.29 is 9.59 Å². The van der Waals surface area contributed by atoms with Gasteiger partial charge in [-0.1, -0.05) is 68.4 Å². The second-order valence-electron chi connectivity index (χ2n) is 7.26. The monoisotopic (exact) mass is 382 g/mol. The first-order chi connectivity index (χ1) is 13.0. The van der Waals surface area contributed by atoms with E-state index in [0.717, 1.165) is 16.7 Å². The fraction of sp³-hybridized carbons (Fsp3) is 0.364. The van der Waals surface area contributed by atoms with Crippen LogP contribution >= 0.6 is 11.8 Å². The van der Waals surface area contributed by atoms with Crippen molar-refractivity contribution in [2.45, 2.75) is 26.3 Å². The first-order valence-electron chi connectivity index (χ1n) is 9.34. The summed E-state index contributed by atoms with van der Waals surface area (Å²) in [5, 5.41) is 2.95. The van der Waals surface area contributed by atoms with Gasteiger partial charge in [-0.25, -0.2) is 0 Å². The van der Waals surface area contributed by atoms with Crippen molar-refractivity contribution >= 4 is 23.6 Å². The zero-order valence-electron chi connectivity index (χ0n) is 15.9. The lowest BCUT2D eigenvalue weighted by atomic mass is 10.0. The molecule has 2 amide bonds. The van der Waals surface area contributed by atoms with Crippen LogP contribution in [0, 0.1) is 5.92 Å². The van der Waals surface area contributed by atoms with Gasteiger partial charge in [0.25, 0.3) is 0 Å². The standard InChI is InChI=1S/C22H26N2O2S/c1-16(2)13-23-22(26)20-14-27-15-24(20)21(25)12-17-8-10-19(11-9-17)18-6-4-3-5-7-18/h3-11,16,20H,12-15H2,1-2H3,(H,23,26). The summed E-state index contributed by atoms with van der Waals surface area (Å²) in [6.45, 7) is 4.76. The van der Waals surface area contributed by atoms with Crippen LogP contribution < -0.4 is 5.32 Å². The Bertz CT molecular complexity index is 775. The van der Waals surface area contributed by atoms with Gasteiger partial charge in [0, 0.05) is 12.3 Å². The summed E-state index contributed by atoms with van der Waals surface area (Å²) in [5.74, 6) is 1.62. The van der Waals surface area contributed by atoms with Crippen LogP contribution in [0.25, 0.3) is 11.1 Å². The largest absolute Gasteiger partial charge is 0.354 e. The summed E-state index contributed by atoms with van der Waals surface area (Å²) >= 11 is 1.64. The molecule has 1 saturated heterocycles. The minimum atomic E-state index is -0.357. The molecule has 0 saturated carbocycles. The van der Waals surface area contributed by atoms with Crippen LogP contribution in [0.1, 0.15) is 19.4 Å². The van der Waals surface area contributed by atoms with E-state index in [-0.39, 0.29) is 17.9 Å². The topological polar surface area (TPSA) is 49.4 Å². The number of benzene rings is 2. The summed E-state index contributed by atoms with van der Waals surface area (Å²) in [5.41, 5.74) is 3.26. The van der Waals surface area contributed by atoms with Crippen molar-refractivity contribution in [2.24, 2.45) is 5.92 Å². The van der Waals surface area contributed by atoms with Crippen LogP contribution in [0.2, 0.25) is 0 Å². The number of carbonyl (C=O) groups is 2. The van der Waals surface area contributed by atoms with Crippen LogP contribution in [0.3, 0.4) is 0 Å². The SMILES string of the molecule is CC(C)CNC(=O)C1CSCN1C(=O)Cc1ccc(-c2ccccc2)cc1. The van der Waals surface area contributed by atoms with E-state index < -0.39 is 0 Å². The molecule has 1 heterocycles. The van der Waals surface area contributed by atoms with Crippen molar-refractivity contribution in [1.82, 2.24) is 10.2 Å². The molecule has 0 aromatic heterocycles. The molecule has 2 aromatic rings. The molecule has 2 aromatic carbocycles. The minimum Gasteiger partial charge on any atom is -0.354 e. The Morgan fingerprint density at radius 3 is 2.41 bits per heavy atom. The Kier molecular flexibility index (Phi) is 6.56. The highest BCUT2D eigenvalue weighted by atomic mass is 32.2. The summed E-state index contributed by atoms with van der Waals surface area (Å²) in [7, 11) is 0. The maximum atomic E-state index is 12.8. The summed E-state index contributed by atoms with van der Waals surface area (Å²) in [4.78, 5) is 26.9. The van der Waals surface area contributed by atoms with Crippen LogP contribution in [-0.2, 0) is 16.0 Å². The first kappa shape index (κ1) is 19.5. The van der Waals surface area contributed by atoms with Crippen LogP contribution in [0.4, 0.5) is 0 Å². The molecular formula is C22H26N2O2S. The van der Waals surface area contributed by atoms with Gasteiger partial charge in [-0.15, -0.1) is 11.8 Å². The van der Waals surface area contributed by atoms with Gasteiger partial charge < -0.3 is 10.2 Å². The minimum absolute atomic E-state index is 0.0113. The molecule has 1 fully saturated rings. The molecule has 0 aliphatic carbocycles. The number of hydrogen-bond donors (Lipinski definition) is 1. The molecule has 0 radical (unpaired) electrons. The Balaban J connectivity index is 1.61. The number of nitrogens with zero attached hydrogens (tertiary/aromatic N) is 1. The number of carbonyl (C=O) groups excluding carboxylic acids is 2. The van der Waals surface area contributed by atoms with E-state index >= 15 is 0 Å². The van der Waals surface area contributed by atoms with Gasteiger partial charge in [0.1, 0.15) is 6.04 Å². The Morgan fingerprint density at radius 1 is 1.07 bits per heavy atom. The lowest BCUT2D eigenvalue weighted by Gasteiger charge is -2.23. The van der Waals surface area contributed by atoms with Crippen molar-refractivity contribution in [1.29, 1.82) is 0 Å². The molecule has 0 bridgehead atoms. The lowest BCUT2D eigenvalue weighted by Crippen LogP contribution is -2.48. The molecule has 3 rings (SSSR count). The predicted octanol–water partition coefficient (Wildman–Crippen LogP) is 3.57. The molecule has 27 heavy (non-hydrogen) atoms. The summed E-state index contributed by atoms with van der Waals surface area (Å²) in [6, 6.07) is 17.9. The average molecular weight is 383 g/mol. The maximum Gasteiger partial charge on any atom is 0.243 e. The van der Waals surface area contributed by atoms with E-state index in [2.05, 4.69) is 31.3 Å². The molecule has 1 aliphatic rings. The van der Waals surface area contributed by atoms with Gasteiger partial charge in [-0.2, -0.15) is 0 Å². The lowest BCUT2D eigenvalue weighted by molar-refractivity contribution is -0.137. The third-order valence-electron chi connectivity index (χ3n) is 4.61. The predicted molar refractivity (Wildman–Crippen MR) is 111 cm³/mol. The second-order valence-corrected chi connectivity index (χ2v) is 8.26. The molecule has 1 unspecified atom stereocenters. The average Bonchev–Trinajstić information content (AvgIpc) is 3.17. The first-order valence-corrected chi connectivity index (χ1v) is 10.5. The van der Waals surface area contributed by atoms with E-state index in [1.807, 2.05) is 42.5 Å². The van der Waals surface area contributed by atoms with Crippen LogP contribution in [0.15, 0.2) is 54.6 Å². The summed E-state index contributed by atoms with van der Waals surface area (Å²) in [6.07, 6.45) is 0.323. The fourth-order valence-electron chi connectivity index (χ4n) is 3.05. The molecule has 0 spiro atoms. The Morgan fingerprint density at radius 2 is 1.74 bits per heavy atom.